The molecule has 1 fully saturated rings. The van der Waals surface area contributed by atoms with Crippen molar-refractivity contribution in [2.24, 2.45) is 0 Å². The lowest BCUT2D eigenvalue weighted by Crippen LogP contribution is -2.44. The van der Waals surface area contributed by atoms with Crippen LogP contribution < -0.4 is 9.47 Å². The molecule has 1 aliphatic carbocycles. The Labute approximate surface area is 208 Å². The largest absolute Gasteiger partial charge is 0.486 e. The predicted octanol–water partition coefficient (Wildman–Crippen LogP) is 5.84. The van der Waals surface area contributed by atoms with Gasteiger partial charge in [0.05, 0.1) is 37.0 Å². The molecule has 3 aromatic rings. The van der Waals surface area contributed by atoms with Crippen LogP contribution in [0.4, 0.5) is 0 Å². The van der Waals surface area contributed by atoms with Crippen LogP contribution in [0.15, 0.2) is 52.9 Å². The number of hydrogen-bond acceptors (Lipinski definition) is 7. The highest BCUT2D eigenvalue weighted by Gasteiger charge is 2.45. The maximum atomic E-state index is 13.2. The zero-order valence-electron chi connectivity index (χ0n) is 20.0. The van der Waals surface area contributed by atoms with Gasteiger partial charge in [0.15, 0.2) is 5.78 Å². The van der Waals surface area contributed by atoms with Crippen LogP contribution in [0.5, 0.6) is 11.5 Å². The monoisotopic (exact) mass is 486 g/mol. The van der Waals surface area contributed by atoms with Crippen LogP contribution in [-0.4, -0.2) is 30.4 Å². The van der Waals surface area contributed by atoms with Gasteiger partial charge in [0.1, 0.15) is 28.6 Å². The Balaban J connectivity index is 1.39. The van der Waals surface area contributed by atoms with Crippen LogP contribution in [0.1, 0.15) is 82.9 Å². The first-order chi connectivity index (χ1) is 17.5. The number of benzene rings is 2. The second-order valence-electron chi connectivity index (χ2n) is 9.80. The first kappa shape index (κ1) is 22.6. The summed E-state index contributed by atoms with van der Waals surface area (Å²) in [6.45, 7) is 0. The Morgan fingerprint density at radius 3 is 2.50 bits per heavy atom. The average Bonchev–Trinajstić information content (AvgIpc) is 3.38. The number of hydrogen-bond donors (Lipinski definition) is 0. The van der Waals surface area contributed by atoms with E-state index < -0.39 is 17.5 Å². The minimum atomic E-state index is -0.487. The van der Waals surface area contributed by atoms with Crippen molar-refractivity contribution in [3.05, 3.63) is 71.0 Å². The zero-order chi connectivity index (χ0) is 24.9. The molecular weight excluding hydrogens is 460 g/mol. The molecule has 2 aromatic carbocycles. The van der Waals surface area contributed by atoms with E-state index in [1.54, 1.807) is 36.4 Å². The van der Waals surface area contributed by atoms with E-state index in [-0.39, 0.29) is 18.2 Å². The summed E-state index contributed by atoms with van der Waals surface area (Å²) in [6.07, 6.45) is 5.38. The van der Waals surface area contributed by atoms with E-state index in [4.69, 9.17) is 18.6 Å². The molecule has 1 saturated carbocycles. The Hall–Kier alpha value is -3.87. The highest BCUT2D eigenvalue weighted by molar-refractivity contribution is 6.01. The Kier molecular flexibility index (Phi) is 5.43. The van der Waals surface area contributed by atoms with Gasteiger partial charge >= 0.3 is 11.9 Å². The van der Waals surface area contributed by atoms with Crippen LogP contribution >= 0.6 is 0 Å². The van der Waals surface area contributed by atoms with Gasteiger partial charge in [-0.3, -0.25) is 9.59 Å². The molecule has 0 bridgehead atoms. The third-order valence-corrected chi connectivity index (χ3v) is 7.53. The molecule has 1 atom stereocenters. The summed E-state index contributed by atoms with van der Waals surface area (Å²) in [6, 6.07) is 14.0. The van der Waals surface area contributed by atoms with Gasteiger partial charge in [0.25, 0.3) is 0 Å². The molecule has 3 aliphatic rings. The molecule has 1 spiro atoms. The van der Waals surface area contributed by atoms with Crippen LogP contribution in [0.25, 0.3) is 11.3 Å². The lowest BCUT2D eigenvalue weighted by atomic mass is 9.77. The summed E-state index contributed by atoms with van der Waals surface area (Å²) in [5.41, 5.74) is 1.99. The molecular formula is C29H26O7. The van der Waals surface area contributed by atoms with E-state index >= 15 is 0 Å². The molecule has 2 aliphatic heterocycles. The van der Waals surface area contributed by atoms with Gasteiger partial charge in [-0.1, -0.05) is 18.6 Å². The van der Waals surface area contributed by atoms with Crippen LogP contribution in [0.3, 0.4) is 0 Å². The van der Waals surface area contributed by atoms with Gasteiger partial charge in [-0.15, -0.1) is 0 Å². The number of methoxy groups -OCH3 is 1. The molecule has 36 heavy (non-hydrogen) atoms. The van der Waals surface area contributed by atoms with E-state index in [2.05, 4.69) is 0 Å². The van der Waals surface area contributed by atoms with Crippen molar-refractivity contribution >= 4 is 17.7 Å². The Bertz CT molecular complexity index is 1360. The van der Waals surface area contributed by atoms with Gasteiger partial charge in [0.2, 0.25) is 0 Å². The minimum absolute atomic E-state index is 0.0717. The van der Waals surface area contributed by atoms with Gasteiger partial charge in [-0.2, -0.15) is 0 Å². The maximum Gasteiger partial charge on any atom is 0.337 e. The molecule has 0 radical (unpaired) electrons. The fourth-order valence-electron chi connectivity index (χ4n) is 5.70. The zero-order valence-corrected chi connectivity index (χ0v) is 20.0. The van der Waals surface area contributed by atoms with Crippen molar-refractivity contribution in [1.29, 1.82) is 0 Å². The smallest absolute Gasteiger partial charge is 0.337 e. The first-order valence-corrected chi connectivity index (χ1v) is 12.3. The molecule has 184 valence electrons. The van der Waals surface area contributed by atoms with E-state index in [1.165, 1.54) is 7.11 Å². The molecule has 1 aromatic heterocycles. The minimum Gasteiger partial charge on any atom is -0.486 e. The number of ketones is 1. The number of carbonyl (C=O) groups excluding carboxylic acids is 3. The number of fused-ring (bicyclic) bond motifs is 3. The molecule has 6 rings (SSSR count). The molecule has 7 nitrogen and oxygen atoms in total. The average molecular weight is 487 g/mol. The summed E-state index contributed by atoms with van der Waals surface area (Å²) in [4.78, 5) is 37.5. The number of rotatable bonds is 3. The van der Waals surface area contributed by atoms with Gasteiger partial charge in [-0.05, 0) is 62.1 Å². The number of Topliss-reactive ketones (excluding diaryl/α,β-unsaturated/α-hetero) is 1. The fraction of sp³-hybridized carbons (Fsp3) is 0.345. The quantitative estimate of drug-likeness (QED) is 0.339. The van der Waals surface area contributed by atoms with Gasteiger partial charge in [-0.25, -0.2) is 4.79 Å². The number of carbonyl (C=O) groups is 3. The second-order valence-corrected chi connectivity index (χ2v) is 9.80. The summed E-state index contributed by atoms with van der Waals surface area (Å²) in [5, 5.41) is 0. The van der Waals surface area contributed by atoms with Crippen LogP contribution in [0, 0.1) is 0 Å². The third kappa shape index (κ3) is 3.79. The molecule has 1 unspecified atom stereocenters. The Morgan fingerprint density at radius 1 is 0.972 bits per heavy atom. The molecule has 0 saturated heterocycles. The molecule has 0 amide bonds. The van der Waals surface area contributed by atoms with E-state index in [9.17, 15) is 14.4 Å². The summed E-state index contributed by atoms with van der Waals surface area (Å²) < 4.78 is 23.2. The number of furan rings is 1. The van der Waals surface area contributed by atoms with Gasteiger partial charge in [0, 0.05) is 11.1 Å². The first-order valence-electron chi connectivity index (χ1n) is 12.3. The van der Waals surface area contributed by atoms with E-state index in [1.807, 2.05) is 12.1 Å². The SMILES string of the molecule is COC(=O)c1ccc(-c2ccc(C3CC(=O)Oc4ccc5c(c43)OC3(CCCCC3)CC5=O)o2)cc1. The predicted molar refractivity (Wildman–Crippen MR) is 129 cm³/mol. The fourth-order valence-corrected chi connectivity index (χ4v) is 5.70. The normalized spacial score (nSPS) is 20.2. The summed E-state index contributed by atoms with van der Waals surface area (Å²) in [7, 11) is 1.34. The Morgan fingerprint density at radius 2 is 1.75 bits per heavy atom. The third-order valence-electron chi connectivity index (χ3n) is 7.53. The molecule has 3 heterocycles. The van der Waals surface area contributed by atoms with E-state index in [0.29, 0.717) is 46.1 Å². The van der Waals surface area contributed by atoms with Crippen molar-refractivity contribution in [3.8, 4) is 22.8 Å². The lowest BCUT2D eigenvalue weighted by molar-refractivity contribution is -0.135. The lowest BCUT2D eigenvalue weighted by Gasteiger charge is -2.42. The molecule has 0 N–H and O–H groups in total. The summed E-state index contributed by atoms with van der Waals surface area (Å²) >= 11 is 0. The van der Waals surface area contributed by atoms with Crippen LogP contribution in [-0.2, 0) is 9.53 Å². The highest BCUT2D eigenvalue weighted by atomic mass is 16.5. The topological polar surface area (TPSA) is 92.0 Å². The molecule has 7 heteroatoms. The van der Waals surface area contributed by atoms with Crippen LogP contribution in [0.2, 0.25) is 0 Å². The number of esters is 2. The standard InChI is InChI=1S/C29H26O7/c1-33-28(32)18-7-5-17(6-8-18)22-11-12-23(34-22)20-15-25(31)35-24-10-9-19-21(30)16-29(13-3-2-4-14-29)36-27(19)26(20)24/h5-12,20H,2-4,13-16H2,1H3. The highest BCUT2D eigenvalue weighted by Crippen LogP contribution is 2.51. The van der Waals surface area contributed by atoms with E-state index in [0.717, 1.165) is 37.7 Å². The summed E-state index contributed by atoms with van der Waals surface area (Å²) in [5.74, 6) is 1.00. The van der Waals surface area contributed by atoms with Gasteiger partial charge < -0.3 is 18.6 Å². The second kappa shape index (κ2) is 8.66. The van der Waals surface area contributed by atoms with Crippen molar-refractivity contribution in [3.63, 3.8) is 0 Å². The van der Waals surface area contributed by atoms with Crippen molar-refractivity contribution in [2.75, 3.05) is 7.11 Å². The van der Waals surface area contributed by atoms with Crippen molar-refractivity contribution in [1.82, 2.24) is 0 Å². The number of ether oxygens (including phenoxy) is 3. The van der Waals surface area contributed by atoms with Crippen molar-refractivity contribution < 1.29 is 33.0 Å². The maximum absolute atomic E-state index is 13.2. The van der Waals surface area contributed by atoms with Crippen molar-refractivity contribution in [2.45, 2.75) is 56.5 Å².